The number of carbonyl (C=O) groups excluding carboxylic acids is 1. The lowest BCUT2D eigenvalue weighted by Gasteiger charge is -2.30. The molecule has 0 aliphatic carbocycles. The molecule has 1 amide bonds. The molecule has 2 aromatic carbocycles. The van der Waals surface area contributed by atoms with Crippen LogP contribution in [-0.2, 0) is 10.2 Å². The molecule has 5 heteroatoms. The quantitative estimate of drug-likeness (QED) is 0.647. The van der Waals surface area contributed by atoms with Gasteiger partial charge in [-0.2, -0.15) is 0 Å². The molecular weight excluding hydrogens is 378 g/mol. The van der Waals surface area contributed by atoms with Gasteiger partial charge < -0.3 is 15.5 Å². The van der Waals surface area contributed by atoms with Crippen LogP contribution >= 0.6 is 12.2 Å². The highest BCUT2D eigenvalue weighted by Gasteiger charge is 2.24. The van der Waals surface area contributed by atoms with Crippen molar-refractivity contribution in [3.63, 3.8) is 0 Å². The van der Waals surface area contributed by atoms with Gasteiger partial charge in [0.05, 0.1) is 0 Å². The summed E-state index contributed by atoms with van der Waals surface area (Å²) in [7, 11) is 0. The number of hydrogen-bond donors (Lipinski definition) is 2. The molecule has 0 radical (unpaired) electrons. The zero-order chi connectivity index (χ0) is 21.0. The SMILES string of the molecule is Cc1ccc(NC(=S)N[C@H](C)CC(C)(C)c2ccccc2)cc1N1CCCC1=O. The minimum absolute atomic E-state index is 0.0520. The fraction of sp³-hybridized carbons (Fsp3) is 0.417. The van der Waals surface area contributed by atoms with Crippen LogP contribution in [0, 0.1) is 6.92 Å². The summed E-state index contributed by atoms with van der Waals surface area (Å²) in [4.78, 5) is 14.0. The molecule has 2 aromatic rings. The highest BCUT2D eigenvalue weighted by Crippen LogP contribution is 2.29. The number of thiocarbonyl (C=S) groups is 1. The van der Waals surface area contributed by atoms with Crippen LogP contribution < -0.4 is 15.5 Å². The van der Waals surface area contributed by atoms with Crippen LogP contribution in [0.2, 0.25) is 0 Å². The Morgan fingerprint density at radius 3 is 2.59 bits per heavy atom. The molecule has 1 atom stereocenters. The minimum Gasteiger partial charge on any atom is -0.360 e. The third-order valence-electron chi connectivity index (χ3n) is 5.58. The lowest BCUT2D eigenvalue weighted by atomic mass is 9.79. The topological polar surface area (TPSA) is 44.4 Å². The predicted molar refractivity (Wildman–Crippen MR) is 126 cm³/mol. The summed E-state index contributed by atoms with van der Waals surface area (Å²) in [5.74, 6) is 0.197. The average molecular weight is 410 g/mol. The number of nitrogens with one attached hydrogen (secondary N) is 2. The second kappa shape index (κ2) is 8.95. The number of carbonyl (C=O) groups is 1. The van der Waals surface area contributed by atoms with Gasteiger partial charge in [-0.25, -0.2) is 0 Å². The van der Waals surface area contributed by atoms with Crippen LogP contribution in [0.5, 0.6) is 0 Å². The molecule has 2 N–H and O–H groups in total. The Labute approximate surface area is 179 Å². The number of anilines is 2. The van der Waals surface area contributed by atoms with E-state index in [9.17, 15) is 4.79 Å². The van der Waals surface area contributed by atoms with Gasteiger partial charge in [-0.15, -0.1) is 0 Å². The molecule has 1 aliphatic heterocycles. The van der Waals surface area contributed by atoms with Gasteiger partial charge in [-0.05, 0) is 67.6 Å². The summed E-state index contributed by atoms with van der Waals surface area (Å²) in [6.07, 6.45) is 2.51. The van der Waals surface area contributed by atoms with Crippen molar-refractivity contribution in [3.8, 4) is 0 Å². The molecule has 29 heavy (non-hydrogen) atoms. The van der Waals surface area contributed by atoms with Crippen molar-refractivity contribution in [1.29, 1.82) is 0 Å². The third-order valence-corrected chi connectivity index (χ3v) is 5.80. The monoisotopic (exact) mass is 409 g/mol. The van der Waals surface area contributed by atoms with Gasteiger partial charge in [0.25, 0.3) is 0 Å². The molecule has 3 rings (SSSR count). The third kappa shape index (κ3) is 5.36. The van der Waals surface area contributed by atoms with Crippen LogP contribution in [0.15, 0.2) is 48.5 Å². The Bertz CT molecular complexity index is 879. The first-order chi connectivity index (χ1) is 13.8. The van der Waals surface area contributed by atoms with E-state index in [-0.39, 0.29) is 17.4 Å². The number of benzene rings is 2. The second-order valence-corrected chi connectivity index (χ2v) is 9.01. The zero-order valence-electron chi connectivity index (χ0n) is 17.8. The Morgan fingerprint density at radius 1 is 1.21 bits per heavy atom. The predicted octanol–water partition coefficient (Wildman–Crippen LogP) is 5.16. The van der Waals surface area contributed by atoms with Crippen LogP contribution in [0.4, 0.5) is 11.4 Å². The maximum atomic E-state index is 12.1. The summed E-state index contributed by atoms with van der Waals surface area (Å²) in [6, 6.07) is 16.8. The highest BCUT2D eigenvalue weighted by atomic mass is 32.1. The van der Waals surface area contributed by atoms with E-state index in [1.54, 1.807) is 0 Å². The maximum absolute atomic E-state index is 12.1. The molecule has 1 saturated heterocycles. The molecular formula is C24H31N3OS. The number of aryl methyl sites for hydroxylation is 1. The van der Waals surface area contributed by atoms with Crippen LogP contribution in [0.25, 0.3) is 0 Å². The van der Waals surface area contributed by atoms with E-state index in [1.807, 2.05) is 36.1 Å². The fourth-order valence-electron chi connectivity index (χ4n) is 4.10. The van der Waals surface area contributed by atoms with Gasteiger partial charge in [0.2, 0.25) is 5.91 Å². The van der Waals surface area contributed by atoms with E-state index in [2.05, 4.69) is 55.7 Å². The van der Waals surface area contributed by atoms with Crippen LogP contribution in [0.3, 0.4) is 0 Å². The lowest BCUT2D eigenvalue weighted by molar-refractivity contribution is -0.117. The Balaban J connectivity index is 1.61. The Hall–Kier alpha value is -2.40. The summed E-state index contributed by atoms with van der Waals surface area (Å²) in [5.41, 5.74) is 4.35. The fourth-order valence-corrected chi connectivity index (χ4v) is 4.41. The van der Waals surface area contributed by atoms with Gasteiger partial charge in [0, 0.05) is 30.4 Å². The average Bonchev–Trinajstić information content (AvgIpc) is 3.09. The molecule has 0 spiro atoms. The second-order valence-electron chi connectivity index (χ2n) is 8.60. The van der Waals surface area contributed by atoms with Crippen molar-refractivity contribution >= 4 is 34.6 Å². The van der Waals surface area contributed by atoms with E-state index >= 15 is 0 Å². The van der Waals surface area contributed by atoms with E-state index in [4.69, 9.17) is 12.2 Å². The first-order valence-corrected chi connectivity index (χ1v) is 10.7. The smallest absolute Gasteiger partial charge is 0.227 e. The number of rotatable bonds is 6. The largest absolute Gasteiger partial charge is 0.360 e. The minimum atomic E-state index is 0.0520. The molecule has 4 nitrogen and oxygen atoms in total. The van der Waals surface area contributed by atoms with E-state index < -0.39 is 0 Å². The maximum Gasteiger partial charge on any atom is 0.227 e. The van der Waals surface area contributed by atoms with Gasteiger partial charge in [-0.1, -0.05) is 50.2 Å². The molecule has 1 aliphatic rings. The number of amides is 1. The van der Waals surface area contributed by atoms with Gasteiger partial charge in [-0.3, -0.25) is 4.79 Å². The zero-order valence-corrected chi connectivity index (χ0v) is 18.6. The van der Waals surface area contributed by atoms with Crippen LogP contribution in [-0.4, -0.2) is 23.6 Å². The van der Waals surface area contributed by atoms with E-state index in [0.717, 1.165) is 36.3 Å². The Kier molecular flexibility index (Phi) is 6.58. The van der Waals surface area contributed by atoms with Crippen molar-refractivity contribution in [2.24, 2.45) is 0 Å². The molecule has 1 fully saturated rings. The van der Waals surface area contributed by atoms with Crippen molar-refractivity contribution in [3.05, 3.63) is 59.7 Å². The molecule has 0 unspecified atom stereocenters. The number of nitrogens with zero attached hydrogens (tertiary/aromatic N) is 1. The van der Waals surface area contributed by atoms with Crippen LogP contribution in [0.1, 0.15) is 51.2 Å². The van der Waals surface area contributed by atoms with Gasteiger partial charge >= 0.3 is 0 Å². The van der Waals surface area contributed by atoms with Crippen molar-refractivity contribution in [1.82, 2.24) is 5.32 Å². The lowest BCUT2D eigenvalue weighted by Crippen LogP contribution is -2.39. The summed E-state index contributed by atoms with van der Waals surface area (Å²) < 4.78 is 0. The summed E-state index contributed by atoms with van der Waals surface area (Å²) in [5, 5.41) is 7.29. The Morgan fingerprint density at radius 2 is 1.93 bits per heavy atom. The van der Waals surface area contributed by atoms with Crippen molar-refractivity contribution in [2.45, 2.75) is 58.4 Å². The van der Waals surface area contributed by atoms with Crippen molar-refractivity contribution < 1.29 is 4.79 Å². The summed E-state index contributed by atoms with van der Waals surface area (Å²) >= 11 is 5.55. The molecule has 0 bridgehead atoms. The normalized spacial score (nSPS) is 15.3. The first-order valence-electron chi connectivity index (χ1n) is 10.3. The number of hydrogen-bond acceptors (Lipinski definition) is 2. The van der Waals surface area contributed by atoms with Gasteiger partial charge in [0.15, 0.2) is 5.11 Å². The van der Waals surface area contributed by atoms with E-state index in [0.29, 0.717) is 11.5 Å². The summed E-state index contributed by atoms with van der Waals surface area (Å²) in [6.45, 7) is 9.50. The molecule has 1 heterocycles. The highest BCUT2D eigenvalue weighted by molar-refractivity contribution is 7.80. The molecule has 154 valence electrons. The van der Waals surface area contributed by atoms with E-state index in [1.165, 1.54) is 5.56 Å². The molecule has 0 saturated carbocycles. The van der Waals surface area contributed by atoms with Crippen molar-refractivity contribution in [2.75, 3.05) is 16.8 Å². The standard InChI is InChI=1S/C24H31N3OS/c1-17-12-13-20(15-21(17)27-14-8-11-22(27)28)26-23(29)25-18(2)16-24(3,4)19-9-6-5-7-10-19/h5-7,9-10,12-13,15,18H,8,11,14,16H2,1-4H3,(H2,25,26,29)/t18-/m1/s1. The van der Waals surface area contributed by atoms with Gasteiger partial charge in [0.1, 0.15) is 0 Å². The first kappa shape index (κ1) is 21.3. The molecule has 0 aromatic heterocycles.